The lowest BCUT2D eigenvalue weighted by molar-refractivity contribution is 0.270. The lowest BCUT2D eigenvalue weighted by atomic mass is 9.88. The highest BCUT2D eigenvalue weighted by Crippen LogP contribution is 2.35. The van der Waals surface area contributed by atoms with Crippen LogP contribution in [0.15, 0.2) is 23.1 Å². The van der Waals surface area contributed by atoms with E-state index in [1.807, 2.05) is 20.8 Å². The van der Waals surface area contributed by atoms with Crippen LogP contribution in [-0.4, -0.2) is 39.7 Å². The Labute approximate surface area is 166 Å². The number of fused-ring (bicyclic) bond motifs is 1. The van der Waals surface area contributed by atoms with Crippen LogP contribution < -0.4 is 4.74 Å². The fourth-order valence-electron chi connectivity index (χ4n) is 2.59. The quantitative estimate of drug-likeness (QED) is 0.532. The number of hydrogen-bond donors (Lipinski definition) is 0. The molecule has 0 spiro atoms. The summed E-state index contributed by atoms with van der Waals surface area (Å²) in [6.45, 7) is -2.56. The Morgan fingerprint density at radius 3 is 3.00 bits per heavy atom. The van der Waals surface area contributed by atoms with Gasteiger partial charge in [-0.3, -0.25) is 4.68 Å². The summed E-state index contributed by atoms with van der Waals surface area (Å²) in [5.41, 5.74) is 0.189. The second kappa shape index (κ2) is 6.15. The molecule has 10 heteroatoms. The minimum Gasteiger partial charge on any atom is -0.468 e. The number of aryl methyl sites for hydroxylation is 2. The zero-order valence-corrected chi connectivity index (χ0v) is 14.6. The molecule has 0 atom stereocenters. The number of nitrogens with zero attached hydrogens (tertiary/aromatic N) is 8. The summed E-state index contributed by atoms with van der Waals surface area (Å²) in [5, 5.41) is 19.7. The second-order valence-electron chi connectivity index (χ2n) is 6.67. The molecule has 4 rings (SSSR count). The van der Waals surface area contributed by atoms with Crippen molar-refractivity contribution in [2.45, 2.75) is 39.6 Å². The minimum absolute atomic E-state index is 0.0216. The second-order valence-corrected chi connectivity index (χ2v) is 6.67. The molecule has 0 radical (unpaired) electrons. The van der Waals surface area contributed by atoms with E-state index >= 15 is 0 Å². The SMILES string of the molecule is [2H]C([2H])([2H])c1cc(-c2nncc3c(C(C)(C)C)c(OC([2H])([2H])c4ncnn4C([2H])([2H])[2H])nn23)no1. The monoisotopic (exact) mass is 376 g/mol. The van der Waals surface area contributed by atoms with E-state index in [1.54, 1.807) is 0 Å². The van der Waals surface area contributed by atoms with Crippen LogP contribution in [0.25, 0.3) is 17.0 Å². The Balaban J connectivity index is 1.87. The van der Waals surface area contributed by atoms with Gasteiger partial charge in [0, 0.05) is 26.8 Å². The lowest BCUT2D eigenvalue weighted by Gasteiger charge is -2.18. The lowest BCUT2D eigenvalue weighted by Crippen LogP contribution is -2.13. The normalized spacial score (nSPS) is 17.9. The number of hydrogen-bond acceptors (Lipinski definition) is 8. The number of ether oxygens (including phenoxy) is 1. The van der Waals surface area contributed by atoms with E-state index in [4.69, 9.17) is 20.2 Å². The summed E-state index contributed by atoms with van der Waals surface area (Å²) in [6.07, 6.45) is 2.30. The third-order valence-electron chi connectivity index (χ3n) is 3.70. The molecule has 0 fully saturated rings. The maximum absolute atomic E-state index is 8.41. The van der Waals surface area contributed by atoms with E-state index < -0.39 is 31.6 Å². The van der Waals surface area contributed by atoms with Gasteiger partial charge in [-0.15, -0.1) is 10.2 Å². The Bertz CT molecular complexity index is 1380. The molecule has 10 nitrogen and oxygen atoms in total. The molecule has 4 aromatic rings. The summed E-state index contributed by atoms with van der Waals surface area (Å²) in [7, 11) is 0. The maximum Gasteiger partial charge on any atom is 0.238 e. The van der Waals surface area contributed by atoms with Gasteiger partial charge in [-0.25, -0.2) is 9.50 Å². The van der Waals surface area contributed by atoms with Crippen LogP contribution in [0.1, 0.15) is 48.9 Å². The van der Waals surface area contributed by atoms with Gasteiger partial charge < -0.3 is 9.26 Å². The Morgan fingerprint density at radius 1 is 1.37 bits per heavy atom. The van der Waals surface area contributed by atoms with Crippen LogP contribution in [0.3, 0.4) is 0 Å². The van der Waals surface area contributed by atoms with E-state index in [2.05, 4.69) is 30.5 Å². The predicted octanol–water partition coefficient (Wildman–Crippen LogP) is 2.09. The van der Waals surface area contributed by atoms with Crippen molar-refractivity contribution in [1.82, 2.24) is 39.7 Å². The van der Waals surface area contributed by atoms with E-state index in [0.29, 0.717) is 15.8 Å². The minimum atomic E-state index is -2.79. The molecule has 0 unspecified atom stereocenters. The van der Waals surface area contributed by atoms with Gasteiger partial charge in [0.15, 0.2) is 11.5 Å². The largest absolute Gasteiger partial charge is 0.468 e. The van der Waals surface area contributed by atoms with Crippen LogP contribution in [0.4, 0.5) is 0 Å². The maximum atomic E-state index is 8.41. The van der Waals surface area contributed by atoms with Crippen molar-refractivity contribution in [3.8, 4) is 17.4 Å². The first-order valence-corrected chi connectivity index (χ1v) is 7.82. The van der Waals surface area contributed by atoms with Gasteiger partial charge in [-0.05, 0) is 12.3 Å². The topological polar surface area (TPSA) is 109 Å². The first-order valence-electron chi connectivity index (χ1n) is 11.8. The molecule has 4 heterocycles. The van der Waals surface area contributed by atoms with E-state index in [0.717, 1.165) is 6.33 Å². The van der Waals surface area contributed by atoms with Crippen molar-refractivity contribution in [3.63, 3.8) is 0 Å². The summed E-state index contributed by atoms with van der Waals surface area (Å²) in [5.74, 6) is -1.09. The van der Waals surface area contributed by atoms with Crippen LogP contribution in [-0.2, 0) is 18.9 Å². The molecule has 0 aliphatic rings. The third-order valence-corrected chi connectivity index (χ3v) is 3.70. The predicted molar refractivity (Wildman–Crippen MR) is 95.1 cm³/mol. The average Bonchev–Trinajstić information content (AvgIpc) is 3.42. The molecule has 27 heavy (non-hydrogen) atoms. The van der Waals surface area contributed by atoms with Gasteiger partial charge in [-0.2, -0.15) is 10.2 Å². The molecule has 0 amide bonds. The molecule has 0 N–H and O–H groups in total. The van der Waals surface area contributed by atoms with E-state index in [9.17, 15) is 0 Å². The molecule has 0 aliphatic carbocycles. The fourth-order valence-corrected chi connectivity index (χ4v) is 2.59. The van der Waals surface area contributed by atoms with Crippen molar-refractivity contribution in [3.05, 3.63) is 35.7 Å². The first-order chi connectivity index (χ1) is 16.0. The molecule has 0 bridgehead atoms. The van der Waals surface area contributed by atoms with Crippen LogP contribution in [0.5, 0.6) is 5.88 Å². The smallest absolute Gasteiger partial charge is 0.238 e. The van der Waals surface area contributed by atoms with Crippen LogP contribution in [0.2, 0.25) is 0 Å². The van der Waals surface area contributed by atoms with Gasteiger partial charge in [0.2, 0.25) is 11.7 Å². The van der Waals surface area contributed by atoms with E-state index in [1.165, 1.54) is 16.8 Å². The first kappa shape index (κ1) is 10.1. The molecular formula is C17H20N8O2. The summed E-state index contributed by atoms with van der Waals surface area (Å²) in [4.78, 5) is 3.74. The van der Waals surface area contributed by atoms with Crippen LogP contribution in [0, 0.1) is 6.85 Å². The molecule has 140 valence electrons. The van der Waals surface area contributed by atoms with Gasteiger partial charge in [0.05, 0.1) is 14.5 Å². The van der Waals surface area contributed by atoms with Crippen molar-refractivity contribution < 1.29 is 20.2 Å². The van der Waals surface area contributed by atoms with Crippen molar-refractivity contribution in [1.29, 1.82) is 0 Å². The summed E-state index contributed by atoms with van der Waals surface area (Å²) in [6, 6.07) is 1.19. The molecule has 0 aliphatic heterocycles. The van der Waals surface area contributed by atoms with Crippen molar-refractivity contribution in [2.75, 3.05) is 0 Å². The standard InChI is InChI=1S/C17H20N8O2/c1-10-6-11(23-27-10)15-21-19-7-12-14(17(2,3)4)16(22-25(12)15)26-8-13-18-9-20-24(13)5/h6-7,9H,8H2,1-5H3/i1D3,5D3,8D2. The number of aromatic nitrogens is 8. The van der Waals surface area contributed by atoms with Gasteiger partial charge in [0.25, 0.3) is 0 Å². The highest BCUT2D eigenvalue weighted by atomic mass is 16.5. The van der Waals surface area contributed by atoms with Crippen molar-refractivity contribution in [2.24, 2.45) is 6.98 Å². The highest BCUT2D eigenvalue weighted by molar-refractivity contribution is 5.64. The molecular weight excluding hydrogens is 348 g/mol. The summed E-state index contributed by atoms with van der Waals surface area (Å²) < 4.78 is 74.2. The Morgan fingerprint density at radius 2 is 2.26 bits per heavy atom. The van der Waals surface area contributed by atoms with E-state index in [-0.39, 0.29) is 23.2 Å². The molecule has 0 saturated carbocycles. The highest BCUT2D eigenvalue weighted by Gasteiger charge is 2.28. The number of rotatable bonds is 4. The Kier molecular flexibility index (Phi) is 2.31. The van der Waals surface area contributed by atoms with Gasteiger partial charge >= 0.3 is 0 Å². The molecule has 0 aromatic carbocycles. The fraction of sp³-hybridized carbons (Fsp3) is 0.412. The average molecular weight is 376 g/mol. The zero-order valence-electron chi connectivity index (χ0n) is 22.6. The van der Waals surface area contributed by atoms with Gasteiger partial charge in [-0.1, -0.05) is 25.9 Å². The Hall–Kier alpha value is -3.30. The van der Waals surface area contributed by atoms with Gasteiger partial charge in [0.1, 0.15) is 18.6 Å². The molecule has 0 saturated heterocycles. The van der Waals surface area contributed by atoms with Crippen molar-refractivity contribution >= 4 is 5.52 Å². The third kappa shape index (κ3) is 3.03. The zero-order chi connectivity index (χ0) is 26.0. The molecule has 4 aromatic heterocycles. The van der Waals surface area contributed by atoms with Crippen LogP contribution >= 0.6 is 0 Å². The summed E-state index contributed by atoms with van der Waals surface area (Å²) >= 11 is 0.